The number of ether oxygens (including phenoxy) is 2. The lowest BCUT2D eigenvalue weighted by Gasteiger charge is -2.35. The minimum Gasteiger partial charge on any atom is -0.349 e. The van der Waals surface area contributed by atoms with Crippen LogP contribution in [0, 0.1) is 0 Å². The minimum atomic E-state index is -0.398. The number of rotatable bonds is 5. The molecule has 1 aliphatic heterocycles. The second-order valence-corrected chi connectivity index (χ2v) is 5.78. The third-order valence-corrected chi connectivity index (χ3v) is 3.69. The van der Waals surface area contributed by atoms with Gasteiger partial charge >= 0.3 is 0 Å². The van der Waals surface area contributed by atoms with Crippen molar-refractivity contribution in [2.75, 3.05) is 26.0 Å². The van der Waals surface area contributed by atoms with Crippen LogP contribution in [-0.2, 0) is 9.47 Å². The SMILES string of the molecule is CSC(C)CCNC1COC(C)(C)OC1. The van der Waals surface area contributed by atoms with Crippen LogP contribution in [0.2, 0.25) is 0 Å². The van der Waals surface area contributed by atoms with E-state index in [9.17, 15) is 0 Å². The van der Waals surface area contributed by atoms with Crippen LogP contribution in [0.4, 0.5) is 0 Å². The Kier molecular flexibility index (Phi) is 5.39. The first-order valence-corrected chi connectivity index (χ1v) is 6.86. The van der Waals surface area contributed by atoms with Gasteiger partial charge in [-0.25, -0.2) is 0 Å². The molecule has 0 bridgehead atoms. The molecule has 3 nitrogen and oxygen atoms in total. The Morgan fingerprint density at radius 1 is 1.40 bits per heavy atom. The highest BCUT2D eigenvalue weighted by atomic mass is 32.2. The minimum absolute atomic E-state index is 0.354. The van der Waals surface area contributed by atoms with Crippen molar-refractivity contribution in [3.8, 4) is 0 Å². The van der Waals surface area contributed by atoms with Gasteiger partial charge in [-0.1, -0.05) is 6.92 Å². The van der Waals surface area contributed by atoms with Gasteiger partial charge in [0.1, 0.15) is 0 Å². The van der Waals surface area contributed by atoms with Gasteiger partial charge in [-0.05, 0) is 33.1 Å². The van der Waals surface area contributed by atoms with Crippen molar-refractivity contribution in [3.05, 3.63) is 0 Å². The zero-order chi connectivity index (χ0) is 11.3. The molecule has 1 saturated heterocycles. The van der Waals surface area contributed by atoms with Crippen molar-refractivity contribution in [1.29, 1.82) is 0 Å². The summed E-state index contributed by atoms with van der Waals surface area (Å²) >= 11 is 1.91. The Labute approximate surface area is 97.3 Å². The van der Waals surface area contributed by atoms with Crippen molar-refractivity contribution in [2.24, 2.45) is 0 Å². The summed E-state index contributed by atoms with van der Waals surface area (Å²) < 4.78 is 11.1. The quantitative estimate of drug-likeness (QED) is 0.785. The molecule has 0 radical (unpaired) electrons. The summed E-state index contributed by atoms with van der Waals surface area (Å²) in [5.41, 5.74) is 0. The van der Waals surface area contributed by atoms with Crippen LogP contribution in [0.3, 0.4) is 0 Å². The molecule has 90 valence electrons. The number of thioether (sulfide) groups is 1. The average Bonchev–Trinajstić information content (AvgIpc) is 2.20. The number of nitrogens with one attached hydrogen (secondary N) is 1. The molecule has 0 spiro atoms. The highest BCUT2D eigenvalue weighted by molar-refractivity contribution is 7.99. The maximum absolute atomic E-state index is 5.57. The summed E-state index contributed by atoms with van der Waals surface area (Å²) in [4.78, 5) is 0. The van der Waals surface area contributed by atoms with Gasteiger partial charge in [0.25, 0.3) is 0 Å². The van der Waals surface area contributed by atoms with E-state index in [2.05, 4.69) is 18.5 Å². The lowest BCUT2D eigenvalue weighted by molar-refractivity contribution is -0.252. The van der Waals surface area contributed by atoms with Gasteiger partial charge in [0.15, 0.2) is 5.79 Å². The Bertz CT molecular complexity index is 177. The summed E-state index contributed by atoms with van der Waals surface area (Å²) in [6, 6.07) is 0.354. The van der Waals surface area contributed by atoms with E-state index in [1.165, 1.54) is 6.42 Å². The summed E-state index contributed by atoms with van der Waals surface area (Å²) in [5.74, 6) is -0.398. The monoisotopic (exact) mass is 233 g/mol. The predicted octanol–water partition coefficient (Wildman–Crippen LogP) is 1.87. The van der Waals surface area contributed by atoms with Gasteiger partial charge in [0, 0.05) is 5.25 Å². The Morgan fingerprint density at radius 3 is 2.53 bits per heavy atom. The van der Waals surface area contributed by atoms with E-state index in [0.717, 1.165) is 25.0 Å². The molecule has 0 aromatic carbocycles. The highest BCUT2D eigenvalue weighted by Crippen LogP contribution is 2.17. The van der Waals surface area contributed by atoms with Crippen molar-refractivity contribution in [3.63, 3.8) is 0 Å². The van der Waals surface area contributed by atoms with Crippen molar-refractivity contribution in [1.82, 2.24) is 5.32 Å². The predicted molar refractivity (Wildman–Crippen MR) is 65.4 cm³/mol. The van der Waals surface area contributed by atoms with Crippen molar-refractivity contribution >= 4 is 11.8 Å². The van der Waals surface area contributed by atoms with Crippen LogP contribution in [0.15, 0.2) is 0 Å². The fourth-order valence-electron chi connectivity index (χ4n) is 1.42. The van der Waals surface area contributed by atoms with Gasteiger partial charge < -0.3 is 14.8 Å². The normalized spacial score (nSPS) is 24.0. The van der Waals surface area contributed by atoms with Gasteiger partial charge in [0.05, 0.1) is 19.3 Å². The van der Waals surface area contributed by atoms with E-state index >= 15 is 0 Å². The van der Waals surface area contributed by atoms with Crippen LogP contribution >= 0.6 is 11.8 Å². The molecule has 1 rings (SSSR count). The standard InChI is InChI=1S/C11H23NO2S/c1-9(15-4)5-6-12-10-7-13-11(2,3)14-8-10/h9-10,12H,5-8H2,1-4H3. The van der Waals surface area contributed by atoms with Crippen LogP contribution in [-0.4, -0.2) is 43.1 Å². The lowest BCUT2D eigenvalue weighted by Crippen LogP contribution is -2.48. The molecule has 0 aliphatic carbocycles. The third-order valence-electron chi connectivity index (χ3n) is 2.65. The zero-order valence-electron chi connectivity index (χ0n) is 10.2. The molecule has 1 heterocycles. The van der Waals surface area contributed by atoms with E-state index in [-0.39, 0.29) is 0 Å². The maximum Gasteiger partial charge on any atom is 0.162 e. The summed E-state index contributed by atoms with van der Waals surface area (Å²) in [6.45, 7) is 8.71. The van der Waals surface area contributed by atoms with Gasteiger partial charge in [-0.2, -0.15) is 11.8 Å². The van der Waals surface area contributed by atoms with Crippen LogP contribution in [0.25, 0.3) is 0 Å². The van der Waals surface area contributed by atoms with Crippen molar-refractivity contribution in [2.45, 2.75) is 44.3 Å². The molecule has 1 aliphatic rings. The molecule has 1 unspecified atom stereocenters. The molecule has 1 atom stereocenters. The number of hydrogen-bond acceptors (Lipinski definition) is 4. The van der Waals surface area contributed by atoms with Crippen LogP contribution in [0.1, 0.15) is 27.2 Å². The summed E-state index contributed by atoms with van der Waals surface area (Å²) in [6.07, 6.45) is 3.35. The maximum atomic E-state index is 5.57. The molecule has 15 heavy (non-hydrogen) atoms. The molecule has 0 amide bonds. The topological polar surface area (TPSA) is 30.5 Å². The first-order chi connectivity index (χ1) is 7.03. The average molecular weight is 233 g/mol. The summed E-state index contributed by atoms with van der Waals surface area (Å²) in [7, 11) is 0. The van der Waals surface area contributed by atoms with Crippen molar-refractivity contribution < 1.29 is 9.47 Å². The van der Waals surface area contributed by atoms with Crippen LogP contribution < -0.4 is 5.32 Å². The van der Waals surface area contributed by atoms with Gasteiger partial charge in [-0.3, -0.25) is 0 Å². The lowest BCUT2D eigenvalue weighted by atomic mass is 10.2. The molecular formula is C11H23NO2S. The third kappa shape index (κ3) is 5.20. The largest absolute Gasteiger partial charge is 0.349 e. The molecule has 4 heteroatoms. The summed E-state index contributed by atoms with van der Waals surface area (Å²) in [5, 5.41) is 4.18. The highest BCUT2D eigenvalue weighted by Gasteiger charge is 2.27. The first-order valence-electron chi connectivity index (χ1n) is 5.57. The second-order valence-electron chi connectivity index (χ2n) is 4.51. The van der Waals surface area contributed by atoms with E-state index in [0.29, 0.717) is 6.04 Å². The first kappa shape index (κ1) is 13.3. The Morgan fingerprint density at radius 2 is 2.00 bits per heavy atom. The van der Waals surface area contributed by atoms with Gasteiger partial charge in [-0.15, -0.1) is 0 Å². The molecule has 0 aromatic rings. The smallest absolute Gasteiger partial charge is 0.162 e. The Hall–Kier alpha value is 0.230. The van der Waals surface area contributed by atoms with Gasteiger partial charge in [0.2, 0.25) is 0 Å². The second kappa shape index (κ2) is 6.09. The molecule has 1 fully saturated rings. The molecular weight excluding hydrogens is 210 g/mol. The fraction of sp³-hybridized carbons (Fsp3) is 1.00. The van der Waals surface area contributed by atoms with E-state index in [1.54, 1.807) is 0 Å². The fourth-order valence-corrected chi connectivity index (χ4v) is 1.77. The van der Waals surface area contributed by atoms with Crippen LogP contribution in [0.5, 0.6) is 0 Å². The van der Waals surface area contributed by atoms with E-state index in [1.807, 2.05) is 25.6 Å². The molecule has 0 aromatic heterocycles. The van der Waals surface area contributed by atoms with E-state index in [4.69, 9.17) is 9.47 Å². The zero-order valence-corrected chi connectivity index (χ0v) is 11.0. The number of hydrogen-bond donors (Lipinski definition) is 1. The van der Waals surface area contributed by atoms with E-state index < -0.39 is 5.79 Å². The molecule has 0 saturated carbocycles. The molecule has 1 N–H and O–H groups in total. The Balaban J connectivity index is 2.09.